The summed E-state index contributed by atoms with van der Waals surface area (Å²) in [5.41, 5.74) is -0.166. The van der Waals surface area contributed by atoms with Gasteiger partial charge in [-0.2, -0.15) is 0 Å². The molecule has 0 saturated heterocycles. The van der Waals surface area contributed by atoms with Crippen LogP contribution in [0.1, 0.15) is 5.69 Å². The molecule has 0 aliphatic carbocycles. The van der Waals surface area contributed by atoms with E-state index in [4.69, 9.17) is 5.11 Å². The van der Waals surface area contributed by atoms with E-state index < -0.39 is 11.2 Å². The Morgan fingerprint density at radius 1 is 1.67 bits per heavy atom. The van der Waals surface area contributed by atoms with Gasteiger partial charge >= 0.3 is 5.97 Å². The summed E-state index contributed by atoms with van der Waals surface area (Å²) in [6.45, 7) is 0.186. The average Bonchev–Trinajstić information content (AvgIpc) is 2.67. The number of nitrogens with one attached hydrogen (secondary N) is 1. The molecule has 0 saturated carbocycles. The highest BCUT2D eigenvalue weighted by atomic mass is 32.2. The molecule has 0 fully saturated rings. The van der Waals surface area contributed by atoms with E-state index in [9.17, 15) is 9.59 Å². The van der Waals surface area contributed by atoms with Gasteiger partial charge in [-0.25, -0.2) is 4.98 Å². The maximum Gasteiger partial charge on any atom is 0.318 e. The summed E-state index contributed by atoms with van der Waals surface area (Å²) >= 11 is 1.05. The monoisotopic (exact) mass is 225 g/mol. The number of aromatic amines is 1. The minimum Gasteiger partial charge on any atom is -0.480 e. The third-order valence-corrected chi connectivity index (χ3v) is 3.02. The lowest BCUT2D eigenvalue weighted by Gasteiger charge is -2.00. The van der Waals surface area contributed by atoms with Gasteiger partial charge < -0.3 is 10.1 Å². The molecule has 1 aliphatic rings. The first-order chi connectivity index (χ1) is 7.18. The number of aliphatic imine (C=N–C) groups is 1. The Labute approximate surface area is 88.5 Å². The van der Waals surface area contributed by atoms with Gasteiger partial charge in [0.1, 0.15) is 10.3 Å². The van der Waals surface area contributed by atoms with Crippen LogP contribution in [0.2, 0.25) is 0 Å². The quantitative estimate of drug-likeness (QED) is 0.721. The number of aliphatic carboxylic acids is 1. The van der Waals surface area contributed by atoms with Crippen molar-refractivity contribution in [3.63, 3.8) is 0 Å². The van der Waals surface area contributed by atoms with Crippen molar-refractivity contribution in [2.75, 3.05) is 6.54 Å². The third kappa shape index (κ3) is 1.91. The van der Waals surface area contributed by atoms with Gasteiger partial charge in [0.05, 0.1) is 6.54 Å². The lowest BCUT2D eigenvalue weighted by molar-refractivity contribution is -0.136. The molecule has 0 bridgehead atoms. The number of carboxylic acids is 1. The second-order valence-electron chi connectivity index (χ2n) is 2.86. The van der Waals surface area contributed by atoms with Crippen molar-refractivity contribution < 1.29 is 9.90 Å². The molecule has 15 heavy (non-hydrogen) atoms. The van der Waals surface area contributed by atoms with E-state index in [1.165, 1.54) is 12.4 Å². The number of nitrogens with zero attached hydrogens (tertiary/aromatic N) is 2. The number of rotatable bonds is 2. The second-order valence-corrected chi connectivity index (χ2v) is 4.05. The zero-order valence-corrected chi connectivity index (χ0v) is 8.32. The van der Waals surface area contributed by atoms with Gasteiger partial charge in [0.15, 0.2) is 5.69 Å². The van der Waals surface area contributed by atoms with Crippen molar-refractivity contribution in [1.29, 1.82) is 0 Å². The molecule has 1 unspecified atom stereocenters. The zero-order valence-electron chi connectivity index (χ0n) is 7.51. The highest BCUT2D eigenvalue weighted by molar-refractivity contribution is 8.15. The first kappa shape index (κ1) is 9.91. The molecule has 2 heterocycles. The van der Waals surface area contributed by atoms with Crippen molar-refractivity contribution >= 4 is 22.8 Å². The maximum absolute atomic E-state index is 11.3. The van der Waals surface area contributed by atoms with Crippen molar-refractivity contribution in [3.8, 4) is 0 Å². The standard InChI is InChI=1S/C8H7N3O3S/c12-6-5(9-1-2-10-6)7-11-3-4(15-7)8(13)14/h1-2,4H,3H2,(H,10,12)(H,13,14). The molecule has 1 aromatic rings. The molecule has 1 atom stereocenters. The highest BCUT2D eigenvalue weighted by Gasteiger charge is 2.28. The van der Waals surface area contributed by atoms with Gasteiger partial charge in [-0.15, -0.1) is 0 Å². The molecule has 7 heteroatoms. The summed E-state index contributed by atoms with van der Waals surface area (Å²) in [7, 11) is 0. The fourth-order valence-corrected chi connectivity index (χ4v) is 2.06. The number of carboxylic acid groups (broad SMARTS) is 1. The van der Waals surface area contributed by atoms with Crippen molar-refractivity contribution in [3.05, 3.63) is 28.4 Å². The molecule has 1 aliphatic heterocycles. The normalized spacial score (nSPS) is 20.0. The Morgan fingerprint density at radius 3 is 3.07 bits per heavy atom. The lowest BCUT2D eigenvalue weighted by Crippen LogP contribution is -2.19. The molecular formula is C8H7N3O3S. The minimum atomic E-state index is -0.925. The summed E-state index contributed by atoms with van der Waals surface area (Å²) in [6, 6.07) is 0. The molecule has 0 aromatic carbocycles. The van der Waals surface area contributed by atoms with Crippen molar-refractivity contribution in [2.45, 2.75) is 5.25 Å². The number of aromatic nitrogens is 2. The van der Waals surface area contributed by atoms with Crippen LogP contribution in [0.3, 0.4) is 0 Å². The second kappa shape index (κ2) is 3.85. The summed E-state index contributed by atoms with van der Waals surface area (Å²) in [6.07, 6.45) is 2.86. The minimum absolute atomic E-state index is 0.186. The van der Waals surface area contributed by atoms with Gasteiger partial charge in [0.2, 0.25) is 0 Å². The van der Waals surface area contributed by atoms with Crippen LogP contribution in [-0.4, -0.2) is 37.9 Å². The summed E-state index contributed by atoms with van der Waals surface area (Å²) in [4.78, 5) is 32.3. The van der Waals surface area contributed by atoms with Crippen molar-refractivity contribution in [1.82, 2.24) is 9.97 Å². The fourth-order valence-electron chi connectivity index (χ4n) is 1.14. The Bertz CT molecular complexity index is 482. The van der Waals surface area contributed by atoms with Gasteiger partial charge in [0.25, 0.3) is 5.56 Å². The van der Waals surface area contributed by atoms with Crippen LogP contribution in [0.15, 0.2) is 22.2 Å². The van der Waals surface area contributed by atoms with Crippen LogP contribution in [0.5, 0.6) is 0 Å². The van der Waals surface area contributed by atoms with Gasteiger partial charge in [-0.1, -0.05) is 11.8 Å². The molecule has 2 rings (SSSR count). The lowest BCUT2D eigenvalue weighted by atomic mass is 10.4. The number of thioether (sulfide) groups is 1. The summed E-state index contributed by atoms with van der Waals surface area (Å²) in [5.74, 6) is -0.925. The molecule has 1 aromatic heterocycles. The molecular weight excluding hydrogens is 218 g/mol. The van der Waals surface area contributed by atoms with Crippen LogP contribution < -0.4 is 5.56 Å². The molecule has 0 spiro atoms. The number of H-pyrrole nitrogens is 1. The topological polar surface area (TPSA) is 95.4 Å². The third-order valence-electron chi connectivity index (χ3n) is 1.84. The van der Waals surface area contributed by atoms with Crippen LogP contribution in [0, 0.1) is 0 Å². The molecule has 0 radical (unpaired) electrons. The Kier molecular flexibility index (Phi) is 2.55. The molecule has 2 N–H and O–H groups in total. The van der Waals surface area contributed by atoms with Gasteiger partial charge in [-0.05, 0) is 0 Å². The Hall–Kier alpha value is -1.63. The zero-order chi connectivity index (χ0) is 10.8. The number of carbonyl (C=O) groups is 1. The van der Waals surface area contributed by atoms with E-state index in [0.717, 1.165) is 11.8 Å². The molecule has 78 valence electrons. The van der Waals surface area contributed by atoms with Crippen LogP contribution in [-0.2, 0) is 4.79 Å². The maximum atomic E-state index is 11.3. The van der Waals surface area contributed by atoms with Gasteiger partial charge in [-0.3, -0.25) is 14.6 Å². The highest BCUT2D eigenvalue weighted by Crippen LogP contribution is 2.23. The van der Waals surface area contributed by atoms with E-state index in [2.05, 4.69) is 15.0 Å². The predicted octanol–water partition coefficient (Wildman–Crippen LogP) is -0.284. The van der Waals surface area contributed by atoms with Crippen LogP contribution in [0.25, 0.3) is 0 Å². The first-order valence-corrected chi connectivity index (χ1v) is 5.04. The number of hydrogen-bond donors (Lipinski definition) is 2. The Balaban J connectivity index is 2.25. The van der Waals surface area contributed by atoms with E-state index >= 15 is 0 Å². The largest absolute Gasteiger partial charge is 0.480 e. The van der Waals surface area contributed by atoms with E-state index in [0.29, 0.717) is 5.04 Å². The SMILES string of the molecule is O=C(O)C1CN=C(c2ncc[nH]c2=O)S1. The van der Waals surface area contributed by atoms with E-state index in [1.807, 2.05) is 0 Å². The number of hydrogen-bond acceptors (Lipinski definition) is 5. The summed E-state index contributed by atoms with van der Waals surface area (Å²) in [5, 5.41) is 8.53. The van der Waals surface area contributed by atoms with E-state index in [1.54, 1.807) is 0 Å². The van der Waals surface area contributed by atoms with E-state index in [-0.39, 0.29) is 17.8 Å². The fraction of sp³-hybridized carbons (Fsp3) is 0.250. The predicted molar refractivity (Wildman–Crippen MR) is 55.3 cm³/mol. The van der Waals surface area contributed by atoms with Crippen LogP contribution in [0.4, 0.5) is 0 Å². The van der Waals surface area contributed by atoms with Gasteiger partial charge in [0, 0.05) is 12.4 Å². The average molecular weight is 225 g/mol. The summed E-state index contributed by atoms with van der Waals surface area (Å²) < 4.78 is 0. The first-order valence-electron chi connectivity index (χ1n) is 4.16. The molecule has 6 nitrogen and oxygen atoms in total. The Morgan fingerprint density at radius 2 is 2.47 bits per heavy atom. The molecule has 0 amide bonds. The smallest absolute Gasteiger partial charge is 0.318 e. The van der Waals surface area contributed by atoms with Crippen molar-refractivity contribution in [2.24, 2.45) is 4.99 Å². The van der Waals surface area contributed by atoms with Crippen LogP contribution >= 0.6 is 11.8 Å².